The first-order chi connectivity index (χ1) is 14.7. The first-order valence-corrected chi connectivity index (χ1v) is 11.3. The van der Waals surface area contributed by atoms with Gasteiger partial charge in [-0.05, 0) is 24.6 Å². The Morgan fingerprint density at radius 1 is 1.17 bits per heavy atom. The van der Waals surface area contributed by atoms with Gasteiger partial charge in [0.2, 0.25) is 11.8 Å². The van der Waals surface area contributed by atoms with Crippen LogP contribution in [0.4, 0.5) is 11.4 Å². The minimum absolute atomic E-state index is 0.101. The van der Waals surface area contributed by atoms with Crippen LogP contribution in [-0.2, 0) is 15.1 Å². The van der Waals surface area contributed by atoms with Crippen LogP contribution in [0.1, 0.15) is 12.0 Å². The molecule has 4 aliphatic heterocycles. The van der Waals surface area contributed by atoms with Crippen LogP contribution >= 0.6 is 11.8 Å². The maximum absolute atomic E-state index is 13.5. The van der Waals surface area contributed by atoms with Gasteiger partial charge in [-0.15, -0.1) is 11.8 Å². The number of nitrogens with one attached hydrogen (secondary N) is 2. The molecule has 2 aromatic rings. The summed E-state index contributed by atoms with van der Waals surface area (Å²) in [5.41, 5.74) is 1.40. The highest BCUT2D eigenvalue weighted by Gasteiger charge is 2.65. The third-order valence-corrected chi connectivity index (χ3v) is 7.59. The smallest absolute Gasteiger partial charge is 0.250 e. The Hall–Kier alpha value is -2.71. The average Bonchev–Trinajstić information content (AvgIpc) is 3.42. The highest BCUT2D eigenvalue weighted by atomic mass is 32.2. The predicted octanol–water partition coefficient (Wildman–Crippen LogP) is 2.64. The number of rotatable bonds is 2. The van der Waals surface area contributed by atoms with Crippen LogP contribution in [0.5, 0.6) is 11.5 Å². The van der Waals surface area contributed by atoms with Gasteiger partial charge in [-0.25, -0.2) is 0 Å². The van der Waals surface area contributed by atoms with Gasteiger partial charge in [0, 0.05) is 40.7 Å². The van der Waals surface area contributed by atoms with Gasteiger partial charge in [0.1, 0.15) is 18.8 Å². The van der Waals surface area contributed by atoms with E-state index in [1.54, 1.807) is 12.1 Å². The SMILES string of the molecule is O=C(Nc1ccc2c(c1)OCCO2)C1CC2CSCN2C12C(=O)Nc1ccccc12. The molecule has 0 saturated carbocycles. The number of carbonyl (C=O) groups is 2. The predicted molar refractivity (Wildman–Crippen MR) is 114 cm³/mol. The molecule has 154 valence electrons. The fourth-order valence-electron chi connectivity index (χ4n) is 5.25. The Morgan fingerprint density at radius 3 is 2.90 bits per heavy atom. The van der Waals surface area contributed by atoms with E-state index in [0.717, 1.165) is 22.9 Å². The first kappa shape index (κ1) is 18.1. The van der Waals surface area contributed by atoms with Gasteiger partial charge in [0.05, 0.1) is 5.92 Å². The van der Waals surface area contributed by atoms with Crippen LogP contribution in [0, 0.1) is 5.92 Å². The standard InChI is InChI=1S/C22H21N3O4S/c26-20(23-13-5-6-18-19(9-13)29-8-7-28-18)16-10-14-11-30-12-25(14)22(16)15-3-1-2-4-17(15)24-21(22)27/h1-6,9,14,16H,7-8,10-12H2,(H,23,26)(H,24,27). The van der Waals surface area contributed by atoms with E-state index >= 15 is 0 Å². The molecular formula is C22H21N3O4S. The van der Waals surface area contributed by atoms with Crippen molar-refractivity contribution in [2.75, 3.05) is 35.5 Å². The Bertz CT molecular complexity index is 1060. The Morgan fingerprint density at radius 2 is 2.00 bits per heavy atom. The average molecular weight is 423 g/mol. The lowest BCUT2D eigenvalue weighted by molar-refractivity contribution is -0.134. The van der Waals surface area contributed by atoms with Gasteiger partial charge >= 0.3 is 0 Å². The third-order valence-electron chi connectivity index (χ3n) is 6.50. The normalized spacial score (nSPS) is 28.9. The summed E-state index contributed by atoms with van der Waals surface area (Å²) in [6.07, 6.45) is 0.658. The summed E-state index contributed by atoms with van der Waals surface area (Å²) in [6, 6.07) is 13.3. The van der Waals surface area contributed by atoms with E-state index in [4.69, 9.17) is 9.47 Å². The Balaban J connectivity index is 1.37. The van der Waals surface area contributed by atoms with Crippen LogP contribution in [0.2, 0.25) is 0 Å². The Labute approximate surface area is 178 Å². The van der Waals surface area contributed by atoms with Gasteiger partial charge in [-0.3, -0.25) is 14.5 Å². The number of ether oxygens (including phenoxy) is 2. The molecule has 2 fully saturated rings. The summed E-state index contributed by atoms with van der Waals surface area (Å²) in [4.78, 5) is 29.1. The number of hydrogen-bond donors (Lipinski definition) is 2. The molecule has 2 aromatic carbocycles. The van der Waals surface area contributed by atoms with E-state index < -0.39 is 11.5 Å². The van der Waals surface area contributed by atoms with Crippen LogP contribution in [0.15, 0.2) is 42.5 Å². The lowest BCUT2D eigenvalue weighted by atomic mass is 9.79. The van der Waals surface area contributed by atoms with Crippen LogP contribution in [-0.4, -0.2) is 47.6 Å². The molecule has 4 heterocycles. The van der Waals surface area contributed by atoms with Crippen LogP contribution < -0.4 is 20.1 Å². The molecule has 1 spiro atoms. The molecule has 2 saturated heterocycles. The van der Waals surface area contributed by atoms with Crippen molar-refractivity contribution in [2.24, 2.45) is 5.92 Å². The number of amides is 2. The maximum atomic E-state index is 13.5. The summed E-state index contributed by atoms with van der Waals surface area (Å²) >= 11 is 1.82. The van der Waals surface area contributed by atoms with Gasteiger partial charge in [-0.2, -0.15) is 0 Å². The second-order valence-electron chi connectivity index (χ2n) is 8.03. The number of benzene rings is 2. The van der Waals surface area contributed by atoms with Crippen molar-refractivity contribution in [1.82, 2.24) is 4.90 Å². The summed E-state index contributed by atoms with van der Waals surface area (Å²) in [6.45, 7) is 1.01. The van der Waals surface area contributed by atoms with E-state index in [1.165, 1.54) is 0 Å². The molecule has 2 N–H and O–H groups in total. The van der Waals surface area contributed by atoms with E-state index in [0.29, 0.717) is 36.8 Å². The van der Waals surface area contributed by atoms with Crippen molar-refractivity contribution in [3.63, 3.8) is 0 Å². The zero-order valence-electron chi connectivity index (χ0n) is 16.2. The van der Waals surface area contributed by atoms with Gasteiger partial charge in [-0.1, -0.05) is 18.2 Å². The van der Waals surface area contributed by atoms with Crippen molar-refractivity contribution in [3.8, 4) is 11.5 Å². The van der Waals surface area contributed by atoms with Crippen molar-refractivity contribution in [1.29, 1.82) is 0 Å². The second kappa shape index (κ2) is 6.65. The van der Waals surface area contributed by atoms with E-state index in [-0.39, 0.29) is 17.9 Å². The highest BCUT2D eigenvalue weighted by Crippen LogP contribution is 2.55. The van der Waals surface area contributed by atoms with Gasteiger partial charge in [0.25, 0.3) is 0 Å². The summed E-state index contributed by atoms with van der Waals surface area (Å²) in [5.74, 6) is 2.28. The first-order valence-electron chi connectivity index (χ1n) is 10.1. The van der Waals surface area contributed by atoms with Crippen molar-refractivity contribution in [2.45, 2.75) is 18.0 Å². The molecule has 3 unspecified atom stereocenters. The molecular weight excluding hydrogens is 402 g/mol. The number of hydrogen-bond acceptors (Lipinski definition) is 6. The molecule has 2 amide bonds. The van der Waals surface area contributed by atoms with Crippen molar-refractivity contribution < 1.29 is 19.1 Å². The topological polar surface area (TPSA) is 79.9 Å². The van der Waals surface area contributed by atoms with Gasteiger partial charge in [0.15, 0.2) is 11.5 Å². The summed E-state index contributed by atoms with van der Waals surface area (Å²) in [5, 5.41) is 6.06. The monoisotopic (exact) mass is 423 g/mol. The molecule has 3 atom stereocenters. The minimum atomic E-state index is -0.956. The molecule has 0 aliphatic carbocycles. The zero-order chi connectivity index (χ0) is 20.3. The van der Waals surface area contributed by atoms with Crippen molar-refractivity contribution in [3.05, 3.63) is 48.0 Å². The molecule has 30 heavy (non-hydrogen) atoms. The maximum Gasteiger partial charge on any atom is 0.250 e. The quantitative estimate of drug-likeness (QED) is 0.773. The molecule has 0 radical (unpaired) electrons. The fourth-order valence-corrected chi connectivity index (χ4v) is 6.56. The van der Waals surface area contributed by atoms with E-state index in [9.17, 15) is 9.59 Å². The molecule has 0 bridgehead atoms. The van der Waals surface area contributed by atoms with E-state index in [1.807, 2.05) is 42.1 Å². The number of fused-ring (bicyclic) bond motifs is 5. The van der Waals surface area contributed by atoms with Gasteiger partial charge < -0.3 is 20.1 Å². The third kappa shape index (κ3) is 2.43. The lowest BCUT2D eigenvalue weighted by Crippen LogP contribution is -2.53. The van der Waals surface area contributed by atoms with Crippen molar-refractivity contribution >= 4 is 35.0 Å². The second-order valence-corrected chi connectivity index (χ2v) is 9.03. The summed E-state index contributed by atoms with van der Waals surface area (Å²) in [7, 11) is 0. The largest absolute Gasteiger partial charge is 0.486 e. The molecule has 0 aromatic heterocycles. The lowest BCUT2D eigenvalue weighted by Gasteiger charge is -2.36. The van der Waals surface area contributed by atoms with E-state index in [2.05, 4.69) is 15.5 Å². The molecule has 8 heteroatoms. The molecule has 6 rings (SSSR count). The number of nitrogens with zero attached hydrogens (tertiary/aromatic N) is 1. The minimum Gasteiger partial charge on any atom is -0.486 e. The number of thioether (sulfide) groups is 1. The number of anilines is 2. The molecule has 4 aliphatic rings. The van der Waals surface area contributed by atoms with Crippen LogP contribution in [0.25, 0.3) is 0 Å². The number of para-hydroxylation sites is 1. The van der Waals surface area contributed by atoms with Crippen LogP contribution in [0.3, 0.4) is 0 Å². The highest BCUT2D eigenvalue weighted by molar-refractivity contribution is 7.99. The Kier molecular flexibility index (Phi) is 4.01. The fraction of sp³-hybridized carbons (Fsp3) is 0.364. The molecule has 7 nitrogen and oxygen atoms in total. The number of carbonyl (C=O) groups excluding carboxylic acids is 2. The zero-order valence-corrected chi connectivity index (χ0v) is 17.0. The summed E-state index contributed by atoms with van der Waals surface area (Å²) < 4.78 is 11.2.